The molecule has 0 saturated carbocycles. The van der Waals surface area contributed by atoms with Gasteiger partial charge < -0.3 is 13.6 Å². The van der Waals surface area contributed by atoms with E-state index in [9.17, 15) is 4.57 Å². The van der Waals surface area contributed by atoms with Crippen molar-refractivity contribution in [1.29, 1.82) is 0 Å². The lowest BCUT2D eigenvalue weighted by molar-refractivity contribution is 0.290. The largest absolute Gasteiger partial charge is 0.647 e. The highest BCUT2D eigenvalue weighted by Gasteiger charge is 2.39. The second kappa shape index (κ2) is 7.27. The SMILES string of the molecule is Cc1cccc(C)c1OP1(=O)Oc2c(C)cccc2C(C)c2cccc(C)c2O1. The van der Waals surface area contributed by atoms with Crippen molar-refractivity contribution in [3.8, 4) is 17.2 Å². The molecule has 0 fully saturated rings. The zero-order chi connectivity index (χ0) is 20.8. The highest BCUT2D eigenvalue weighted by molar-refractivity contribution is 7.49. The van der Waals surface area contributed by atoms with Gasteiger partial charge in [0.1, 0.15) is 17.2 Å². The maximum atomic E-state index is 13.9. The molecule has 0 spiro atoms. The molecule has 0 bridgehead atoms. The molecule has 0 unspecified atom stereocenters. The van der Waals surface area contributed by atoms with Gasteiger partial charge in [0.15, 0.2) is 0 Å². The first-order valence-corrected chi connectivity index (χ1v) is 11.2. The van der Waals surface area contributed by atoms with Gasteiger partial charge in [0.05, 0.1) is 0 Å². The van der Waals surface area contributed by atoms with Crippen molar-refractivity contribution in [2.24, 2.45) is 0 Å². The van der Waals surface area contributed by atoms with Crippen molar-refractivity contribution in [2.45, 2.75) is 40.5 Å². The Morgan fingerprint density at radius 1 is 0.724 bits per heavy atom. The van der Waals surface area contributed by atoms with E-state index in [1.807, 2.05) is 82.3 Å². The Morgan fingerprint density at radius 3 is 1.62 bits per heavy atom. The predicted octanol–water partition coefficient (Wildman–Crippen LogP) is 7.03. The lowest BCUT2D eigenvalue weighted by atomic mass is 9.89. The molecule has 1 aliphatic rings. The van der Waals surface area contributed by atoms with E-state index in [0.717, 1.165) is 33.4 Å². The third-order valence-corrected chi connectivity index (χ3v) is 6.65. The summed E-state index contributed by atoms with van der Waals surface area (Å²) in [6.07, 6.45) is 0. The zero-order valence-electron chi connectivity index (χ0n) is 17.4. The number of para-hydroxylation sites is 3. The molecule has 0 saturated heterocycles. The van der Waals surface area contributed by atoms with E-state index in [1.54, 1.807) is 0 Å². The van der Waals surface area contributed by atoms with Gasteiger partial charge in [0.2, 0.25) is 0 Å². The highest BCUT2D eigenvalue weighted by Crippen LogP contribution is 2.56. The molecule has 4 nitrogen and oxygen atoms in total. The molecule has 1 aliphatic heterocycles. The van der Waals surface area contributed by atoms with E-state index >= 15 is 0 Å². The summed E-state index contributed by atoms with van der Waals surface area (Å²) in [6, 6.07) is 17.6. The average Bonchev–Trinajstić information content (AvgIpc) is 2.67. The van der Waals surface area contributed by atoms with Crippen LogP contribution >= 0.6 is 7.82 Å². The molecule has 4 rings (SSSR count). The molecule has 29 heavy (non-hydrogen) atoms. The number of phosphoric acid groups is 1. The topological polar surface area (TPSA) is 44.8 Å². The fourth-order valence-corrected chi connectivity index (χ4v) is 5.35. The second-order valence-electron chi connectivity index (χ2n) is 7.65. The molecular weight excluding hydrogens is 383 g/mol. The molecule has 0 radical (unpaired) electrons. The van der Waals surface area contributed by atoms with Gasteiger partial charge in [-0.05, 0) is 49.9 Å². The Bertz CT molecular complexity index is 1060. The number of phosphoric ester groups is 1. The molecule has 3 aromatic carbocycles. The molecule has 3 aromatic rings. The monoisotopic (exact) mass is 408 g/mol. The molecule has 1 heterocycles. The van der Waals surface area contributed by atoms with E-state index in [4.69, 9.17) is 13.6 Å². The summed E-state index contributed by atoms with van der Waals surface area (Å²) in [6.45, 7) is 9.81. The number of hydrogen-bond acceptors (Lipinski definition) is 4. The van der Waals surface area contributed by atoms with Gasteiger partial charge in [-0.1, -0.05) is 61.5 Å². The predicted molar refractivity (Wildman–Crippen MR) is 115 cm³/mol. The number of rotatable bonds is 2. The minimum absolute atomic E-state index is 0.0220. The first-order chi connectivity index (χ1) is 13.8. The molecule has 0 amide bonds. The average molecular weight is 408 g/mol. The van der Waals surface area contributed by atoms with E-state index in [0.29, 0.717) is 17.2 Å². The number of fused-ring (bicyclic) bond motifs is 2. The number of aryl methyl sites for hydroxylation is 4. The van der Waals surface area contributed by atoms with Crippen LogP contribution in [-0.2, 0) is 4.57 Å². The normalized spacial score (nSPS) is 20.4. The molecule has 150 valence electrons. The van der Waals surface area contributed by atoms with Gasteiger partial charge in [0, 0.05) is 17.0 Å². The summed E-state index contributed by atoms with van der Waals surface area (Å²) in [7, 11) is -4.01. The van der Waals surface area contributed by atoms with Gasteiger partial charge in [-0.2, -0.15) is 4.57 Å². The fourth-order valence-electron chi connectivity index (χ4n) is 3.78. The lowest BCUT2D eigenvalue weighted by Crippen LogP contribution is -2.15. The standard InChI is InChI=1S/C24H25O4P/c1-15-9-6-10-16(2)22(15)26-29(25)27-23-17(3)11-7-13-20(23)19(5)21-14-8-12-18(4)24(21)28-29/h6-14,19H,1-5H3. The summed E-state index contributed by atoms with van der Waals surface area (Å²) < 4.78 is 32.1. The smallest absolute Gasteiger partial charge is 0.385 e. The summed E-state index contributed by atoms with van der Waals surface area (Å²) in [5.41, 5.74) is 5.45. The van der Waals surface area contributed by atoms with Crippen LogP contribution in [0.3, 0.4) is 0 Å². The summed E-state index contributed by atoms with van der Waals surface area (Å²) in [4.78, 5) is 0. The van der Waals surface area contributed by atoms with Crippen LogP contribution in [0.1, 0.15) is 46.2 Å². The van der Waals surface area contributed by atoms with E-state index in [-0.39, 0.29) is 5.92 Å². The van der Waals surface area contributed by atoms with Crippen molar-refractivity contribution in [3.05, 3.63) is 88.0 Å². The van der Waals surface area contributed by atoms with Crippen LogP contribution in [0.15, 0.2) is 54.6 Å². The van der Waals surface area contributed by atoms with Gasteiger partial charge in [-0.15, -0.1) is 0 Å². The van der Waals surface area contributed by atoms with E-state index in [1.165, 1.54) is 0 Å². The van der Waals surface area contributed by atoms with Gasteiger partial charge >= 0.3 is 7.82 Å². The van der Waals surface area contributed by atoms with Gasteiger partial charge in [0.25, 0.3) is 0 Å². The molecular formula is C24H25O4P. The number of benzene rings is 3. The number of hydrogen-bond donors (Lipinski definition) is 0. The first-order valence-electron chi connectivity index (χ1n) is 9.73. The molecule has 0 atom stereocenters. The lowest BCUT2D eigenvalue weighted by Gasteiger charge is -2.29. The Balaban J connectivity index is 1.92. The van der Waals surface area contributed by atoms with Crippen molar-refractivity contribution in [3.63, 3.8) is 0 Å². The van der Waals surface area contributed by atoms with Crippen LogP contribution in [0.25, 0.3) is 0 Å². The maximum absolute atomic E-state index is 13.9. The molecule has 0 aliphatic carbocycles. The third-order valence-electron chi connectivity index (χ3n) is 5.44. The maximum Gasteiger partial charge on any atom is 0.647 e. The summed E-state index contributed by atoms with van der Waals surface area (Å²) >= 11 is 0. The summed E-state index contributed by atoms with van der Waals surface area (Å²) in [5, 5.41) is 0. The van der Waals surface area contributed by atoms with Gasteiger partial charge in [-0.3, -0.25) is 0 Å². The van der Waals surface area contributed by atoms with Crippen molar-refractivity contribution in [1.82, 2.24) is 0 Å². The van der Waals surface area contributed by atoms with Crippen LogP contribution < -0.4 is 13.6 Å². The van der Waals surface area contributed by atoms with Gasteiger partial charge in [-0.25, -0.2) is 0 Å². The van der Waals surface area contributed by atoms with E-state index in [2.05, 4.69) is 6.92 Å². The molecule has 0 N–H and O–H groups in total. The van der Waals surface area contributed by atoms with Crippen LogP contribution in [0.2, 0.25) is 0 Å². The Hall–Kier alpha value is -2.71. The minimum atomic E-state index is -4.01. The molecule has 0 aromatic heterocycles. The second-order valence-corrected chi connectivity index (χ2v) is 9.09. The summed E-state index contributed by atoms with van der Waals surface area (Å²) in [5.74, 6) is 1.66. The Kier molecular flexibility index (Phi) is 4.92. The Morgan fingerprint density at radius 2 is 1.14 bits per heavy atom. The Labute approximate surface area is 172 Å². The van der Waals surface area contributed by atoms with Crippen LogP contribution in [0.5, 0.6) is 17.2 Å². The zero-order valence-corrected chi connectivity index (χ0v) is 18.2. The van der Waals surface area contributed by atoms with Crippen molar-refractivity contribution in [2.75, 3.05) is 0 Å². The minimum Gasteiger partial charge on any atom is -0.385 e. The first kappa shape index (κ1) is 19.6. The van der Waals surface area contributed by atoms with Crippen LogP contribution in [0, 0.1) is 27.7 Å². The van der Waals surface area contributed by atoms with Crippen molar-refractivity contribution < 1.29 is 18.1 Å². The van der Waals surface area contributed by atoms with E-state index < -0.39 is 7.82 Å². The van der Waals surface area contributed by atoms with Crippen molar-refractivity contribution >= 4 is 7.82 Å². The fraction of sp³-hybridized carbons (Fsp3) is 0.250. The van der Waals surface area contributed by atoms with Crippen LogP contribution in [0.4, 0.5) is 0 Å². The van der Waals surface area contributed by atoms with Crippen LogP contribution in [-0.4, -0.2) is 0 Å². The quantitative estimate of drug-likeness (QED) is 0.427. The third kappa shape index (κ3) is 3.54. The highest BCUT2D eigenvalue weighted by atomic mass is 31.2. The molecule has 5 heteroatoms.